The quantitative estimate of drug-likeness (QED) is 0.389. The molecule has 0 aliphatic heterocycles. The summed E-state index contributed by atoms with van der Waals surface area (Å²) in [5.74, 6) is 1.40. The van der Waals surface area contributed by atoms with Crippen LogP contribution in [0.4, 0.5) is 0 Å². The molecule has 0 N–H and O–H groups in total. The molecule has 170 valence electrons. The Labute approximate surface area is 193 Å². The third kappa shape index (κ3) is 4.82. The summed E-state index contributed by atoms with van der Waals surface area (Å²) in [5, 5.41) is 5.24. The van der Waals surface area contributed by atoms with Gasteiger partial charge in [-0.3, -0.25) is 4.79 Å². The second kappa shape index (κ2) is 9.73. The molecule has 2 aromatic carbocycles. The number of amides is 1. The molecule has 2 heterocycles. The summed E-state index contributed by atoms with van der Waals surface area (Å²) in [7, 11) is 3.40. The molecule has 0 fully saturated rings. The maximum Gasteiger partial charge on any atom is 0.254 e. The van der Waals surface area contributed by atoms with Crippen molar-refractivity contribution in [2.75, 3.05) is 27.3 Å². The zero-order valence-corrected chi connectivity index (χ0v) is 19.4. The Kier molecular flexibility index (Phi) is 6.58. The lowest BCUT2D eigenvalue weighted by molar-refractivity contribution is 0.0775. The van der Waals surface area contributed by atoms with Crippen molar-refractivity contribution in [1.82, 2.24) is 19.7 Å². The summed E-state index contributed by atoms with van der Waals surface area (Å²) < 4.78 is 12.8. The summed E-state index contributed by atoms with van der Waals surface area (Å²) in [6.07, 6.45) is 1.73. The Balaban J connectivity index is 1.58. The van der Waals surface area contributed by atoms with Gasteiger partial charge in [0.25, 0.3) is 5.91 Å². The molecule has 0 spiro atoms. The van der Waals surface area contributed by atoms with Crippen molar-refractivity contribution in [3.05, 3.63) is 72.4 Å². The summed E-state index contributed by atoms with van der Waals surface area (Å²) in [6, 6.07) is 19.2. The van der Waals surface area contributed by atoms with Crippen LogP contribution in [-0.4, -0.2) is 52.9 Å². The lowest BCUT2D eigenvalue weighted by Crippen LogP contribution is -2.31. The van der Waals surface area contributed by atoms with Gasteiger partial charge in [0.2, 0.25) is 0 Å². The highest BCUT2D eigenvalue weighted by Crippen LogP contribution is 2.27. The monoisotopic (exact) mass is 444 g/mol. The number of fused-ring (bicyclic) bond motifs is 1. The predicted octanol–water partition coefficient (Wildman–Crippen LogP) is 4.84. The number of nitrogens with zero attached hydrogens (tertiary/aromatic N) is 4. The molecule has 7 nitrogen and oxygen atoms in total. The van der Waals surface area contributed by atoms with Gasteiger partial charge in [-0.05, 0) is 44.2 Å². The van der Waals surface area contributed by atoms with Gasteiger partial charge in [-0.25, -0.2) is 9.67 Å². The van der Waals surface area contributed by atoms with Crippen LogP contribution in [0.15, 0.2) is 66.9 Å². The maximum atomic E-state index is 13.4. The fourth-order valence-electron chi connectivity index (χ4n) is 3.61. The number of carbonyl (C=O) groups excluding carboxylic acids is 1. The van der Waals surface area contributed by atoms with Crippen molar-refractivity contribution in [1.29, 1.82) is 0 Å². The standard InChI is InChI=1S/C26H28N4O3/c1-18(2)30-25-23(17-27-30)22(16-24(28-25)19-8-6-5-7-9-19)26(31)29(3)14-15-33-21-12-10-20(32-4)11-13-21/h5-13,16-18H,14-15H2,1-4H3. The molecule has 4 aromatic rings. The molecule has 1 amide bonds. The number of pyridine rings is 1. The van der Waals surface area contributed by atoms with Gasteiger partial charge < -0.3 is 14.4 Å². The van der Waals surface area contributed by atoms with Crippen molar-refractivity contribution in [2.24, 2.45) is 0 Å². The molecule has 0 saturated carbocycles. The van der Waals surface area contributed by atoms with Crippen molar-refractivity contribution in [3.63, 3.8) is 0 Å². The first-order chi connectivity index (χ1) is 16.0. The maximum absolute atomic E-state index is 13.4. The Morgan fingerprint density at radius 3 is 2.42 bits per heavy atom. The van der Waals surface area contributed by atoms with Gasteiger partial charge in [-0.1, -0.05) is 30.3 Å². The zero-order chi connectivity index (χ0) is 23.4. The lowest BCUT2D eigenvalue weighted by atomic mass is 10.1. The third-order valence-corrected chi connectivity index (χ3v) is 5.46. The van der Waals surface area contributed by atoms with E-state index in [1.807, 2.05) is 79.2 Å². The molecule has 33 heavy (non-hydrogen) atoms. The van der Waals surface area contributed by atoms with Gasteiger partial charge in [-0.2, -0.15) is 5.10 Å². The van der Waals surface area contributed by atoms with Gasteiger partial charge in [0.1, 0.15) is 18.1 Å². The first kappa shape index (κ1) is 22.3. The minimum absolute atomic E-state index is 0.0961. The van der Waals surface area contributed by atoms with Crippen molar-refractivity contribution in [3.8, 4) is 22.8 Å². The number of methoxy groups -OCH3 is 1. The van der Waals surface area contributed by atoms with Crippen molar-refractivity contribution >= 4 is 16.9 Å². The van der Waals surface area contributed by atoms with E-state index < -0.39 is 0 Å². The van der Waals surface area contributed by atoms with E-state index in [-0.39, 0.29) is 11.9 Å². The van der Waals surface area contributed by atoms with E-state index in [1.54, 1.807) is 25.3 Å². The van der Waals surface area contributed by atoms with Crippen molar-refractivity contribution in [2.45, 2.75) is 19.9 Å². The number of likely N-dealkylation sites (N-methyl/N-ethyl adjacent to an activating group) is 1. The Bertz CT molecular complexity index is 1230. The van der Waals surface area contributed by atoms with Crippen LogP contribution in [0, 0.1) is 0 Å². The van der Waals surface area contributed by atoms with E-state index >= 15 is 0 Å². The molecule has 0 unspecified atom stereocenters. The van der Waals surface area contributed by atoms with Crippen LogP contribution in [0.1, 0.15) is 30.2 Å². The van der Waals surface area contributed by atoms with E-state index in [2.05, 4.69) is 5.10 Å². The zero-order valence-electron chi connectivity index (χ0n) is 19.4. The number of hydrogen-bond donors (Lipinski definition) is 0. The Morgan fingerprint density at radius 1 is 1.06 bits per heavy atom. The molecular formula is C26H28N4O3. The van der Waals surface area contributed by atoms with Crippen LogP contribution in [0.3, 0.4) is 0 Å². The molecule has 2 aromatic heterocycles. The average molecular weight is 445 g/mol. The fourth-order valence-corrected chi connectivity index (χ4v) is 3.61. The molecule has 4 rings (SSSR count). The summed E-state index contributed by atoms with van der Waals surface area (Å²) >= 11 is 0. The van der Waals surface area contributed by atoms with E-state index in [1.165, 1.54) is 0 Å². The smallest absolute Gasteiger partial charge is 0.254 e. The highest BCUT2D eigenvalue weighted by atomic mass is 16.5. The first-order valence-corrected chi connectivity index (χ1v) is 10.9. The molecule has 0 radical (unpaired) electrons. The molecular weight excluding hydrogens is 416 g/mol. The van der Waals surface area contributed by atoms with Crippen LogP contribution in [0.25, 0.3) is 22.3 Å². The van der Waals surface area contributed by atoms with Crippen LogP contribution >= 0.6 is 0 Å². The number of benzene rings is 2. The fraction of sp³-hybridized carbons (Fsp3) is 0.269. The highest BCUT2D eigenvalue weighted by molar-refractivity contribution is 6.06. The van der Waals surface area contributed by atoms with E-state index in [0.29, 0.717) is 24.4 Å². The molecule has 0 aliphatic rings. The number of aromatic nitrogens is 3. The summed E-state index contributed by atoms with van der Waals surface area (Å²) in [6.45, 7) is 4.91. The average Bonchev–Trinajstić information content (AvgIpc) is 3.28. The normalized spacial score (nSPS) is 11.1. The molecule has 0 saturated heterocycles. The predicted molar refractivity (Wildman–Crippen MR) is 129 cm³/mol. The summed E-state index contributed by atoms with van der Waals surface area (Å²) in [5.41, 5.74) is 2.99. The number of hydrogen-bond acceptors (Lipinski definition) is 5. The molecule has 0 bridgehead atoms. The van der Waals surface area contributed by atoms with Crippen LogP contribution < -0.4 is 9.47 Å². The SMILES string of the molecule is COc1ccc(OCCN(C)C(=O)c2cc(-c3ccccc3)nc3c2cnn3C(C)C)cc1. The van der Waals surface area contributed by atoms with Crippen molar-refractivity contribution < 1.29 is 14.3 Å². The lowest BCUT2D eigenvalue weighted by Gasteiger charge is -2.19. The van der Waals surface area contributed by atoms with Gasteiger partial charge >= 0.3 is 0 Å². The largest absolute Gasteiger partial charge is 0.497 e. The van der Waals surface area contributed by atoms with Crippen LogP contribution in [-0.2, 0) is 0 Å². The number of rotatable bonds is 8. The minimum Gasteiger partial charge on any atom is -0.497 e. The molecule has 7 heteroatoms. The second-order valence-electron chi connectivity index (χ2n) is 8.09. The topological polar surface area (TPSA) is 69.5 Å². The van der Waals surface area contributed by atoms with Gasteiger partial charge in [-0.15, -0.1) is 0 Å². The Morgan fingerprint density at radius 2 is 1.76 bits per heavy atom. The van der Waals surface area contributed by atoms with Gasteiger partial charge in [0.05, 0.1) is 36.5 Å². The van der Waals surface area contributed by atoms with Crippen LogP contribution in [0.2, 0.25) is 0 Å². The molecule has 0 atom stereocenters. The van der Waals surface area contributed by atoms with E-state index in [9.17, 15) is 4.79 Å². The highest BCUT2D eigenvalue weighted by Gasteiger charge is 2.21. The van der Waals surface area contributed by atoms with E-state index in [4.69, 9.17) is 14.5 Å². The van der Waals surface area contributed by atoms with Crippen LogP contribution in [0.5, 0.6) is 11.5 Å². The molecule has 0 aliphatic carbocycles. The first-order valence-electron chi connectivity index (χ1n) is 10.9. The van der Waals surface area contributed by atoms with Gasteiger partial charge in [0, 0.05) is 18.7 Å². The van der Waals surface area contributed by atoms with Gasteiger partial charge in [0.15, 0.2) is 5.65 Å². The minimum atomic E-state index is -0.0961. The second-order valence-corrected chi connectivity index (χ2v) is 8.09. The Hall–Kier alpha value is -3.87. The van der Waals surface area contributed by atoms with E-state index in [0.717, 1.165) is 28.1 Å². The third-order valence-electron chi connectivity index (χ3n) is 5.46. The number of carbonyl (C=O) groups is 1. The summed E-state index contributed by atoms with van der Waals surface area (Å²) in [4.78, 5) is 19.9. The number of ether oxygens (including phenoxy) is 2.